The maximum absolute atomic E-state index is 12.6. The molecule has 0 aliphatic carbocycles. The molecule has 0 aromatic carbocycles. The van der Waals surface area contributed by atoms with Crippen molar-refractivity contribution in [1.82, 2.24) is 5.32 Å². The van der Waals surface area contributed by atoms with Gasteiger partial charge in [0.1, 0.15) is 0 Å². The van der Waals surface area contributed by atoms with Gasteiger partial charge in [-0.15, -0.1) is 11.3 Å². The van der Waals surface area contributed by atoms with E-state index in [9.17, 15) is 14.6 Å². The highest BCUT2D eigenvalue weighted by molar-refractivity contribution is 7.11. The first-order valence-electron chi connectivity index (χ1n) is 7.80. The molecule has 1 aromatic rings. The summed E-state index contributed by atoms with van der Waals surface area (Å²) in [7, 11) is -1.38. The van der Waals surface area contributed by atoms with Crippen LogP contribution in [0.5, 0.6) is 0 Å². The van der Waals surface area contributed by atoms with Crippen molar-refractivity contribution >= 4 is 35.9 Å². The first-order valence-corrected chi connectivity index (χ1v) is 8.68. The number of carbonyl (C=O) groups is 2. The number of nitrogens with one attached hydrogen (secondary N) is 1. The lowest BCUT2D eigenvalue weighted by Gasteiger charge is -2.19. The van der Waals surface area contributed by atoms with Gasteiger partial charge in [-0.1, -0.05) is 12.1 Å². The monoisotopic (exact) mass is 369 g/mol. The quantitative estimate of drug-likeness (QED) is 0.391. The van der Waals surface area contributed by atoms with Gasteiger partial charge in [0.05, 0.1) is 37.3 Å². The summed E-state index contributed by atoms with van der Waals surface area (Å²) >= 11 is 1.38. The second kappa shape index (κ2) is 9.69. The van der Waals surface area contributed by atoms with Crippen molar-refractivity contribution in [2.45, 2.75) is 24.9 Å². The minimum atomic E-state index is -1.38. The fraction of sp³-hybridized carbons (Fsp3) is 0.467. The number of ether oxygens (including phenoxy) is 1. The van der Waals surface area contributed by atoms with Gasteiger partial charge in [-0.05, 0) is 17.9 Å². The van der Waals surface area contributed by atoms with Crippen molar-refractivity contribution in [3.63, 3.8) is 0 Å². The van der Waals surface area contributed by atoms with Crippen molar-refractivity contribution in [2.24, 2.45) is 0 Å². The van der Waals surface area contributed by atoms with Gasteiger partial charge in [0.15, 0.2) is 0 Å². The van der Waals surface area contributed by atoms with Crippen LogP contribution >= 0.6 is 11.3 Å². The molecule has 0 radical (unpaired) electrons. The van der Waals surface area contributed by atoms with Crippen LogP contribution in [0.3, 0.4) is 0 Å². The van der Waals surface area contributed by atoms with Gasteiger partial charge in [0.25, 0.3) is 5.91 Å². The topological polar surface area (TPSA) is 125 Å². The summed E-state index contributed by atoms with van der Waals surface area (Å²) in [6, 6.07) is 3.59. The predicted molar refractivity (Wildman–Crippen MR) is 91.8 cm³/mol. The summed E-state index contributed by atoms with van der Waals surface area (Å²) in [4.78, 5) is 24.1. The minimum absolute atomic E-state index is 0.000740. The second-order valence-corrected chi connectivity index (χ2v) is 6.42. The summed E-state index contributed by atoms with van der Waals surface area (Å²) < 4.78 is 10.6. The zero-order valence-electron chi connectivity index (χ0n) is 13.5. The van der Waals surface area contributed by atoms with E-state index >= 15 is 0 Å². The predicted octanol–water partition coefficient (Wildman–Crippen LogP) is -0.0915. The molecule has 2 heterocycles. The number of aliphatic hydroxyl groups is 1. The zero-order valence-corrected chi connectivity index (χ0v) is 14.3. The Morgan fingerprint density at radius 1 is 1.44 bits per heavy atom. The molecule has 1 fully saturated rings. The molecule has 0 unspecified atom stereocenters. The largest absolute Gasteiger partial charge is 0.481 e. The summed E-state index contributed by atoms with van der Waals surface area (Å²) in [5.74, 6) is -2.32. The summed E-state index contributed by atoms with van der Waals surface area (Å²) in [5.41, 5.74) is 0.391. The molecular formula is C15H20BNO7S. The van der Waals surface area contributed by atoms with Crippen LogP contribution in [0.25, 0.3) is 5.57 Å². The SMILES string of the molecule is O=C(O)C[C@H]1COC[C@H](NC(=O)C(=CCCO)c2cccs2)B(O)O1. The van der Waals surface area contributed by atoms with E-state index in [2.05, 4.69) is 5.32 Å². The minimum Gasteiger partial charge on any atom is -0.481 e. The third kappa shape index (κ3) is 5.94. The van der Waals surface area contributed by atoms with Crippen LogP contribution < -0.4 is 5.32 Å². The van der Waals surface area contributed by atoms with Gasteiger partial charge in [-0.2, -0.15) is 0 Å². The average Bonchev–Trinajstić information content (AvgIpc) is 3.02. The molecule has 136 valence electrons. The number of carboxylic acid groups (broad SMARTS) is 1. The molecule has 1 aromatic heterocycles. The molecule has 2 rings (SSSR count). The lowest BCUT2D eigenvalue weighted by atomic mass is 9.79. The molecule has 25 heavy (non-hydrogen) atoms. The number of amides is 1. The number of carboxylic acids is 1. The molecule has 0 spiro atoms. The maximum atomic E-state index is 12.6. The summed E-state index contributed by atoms with van der Waals surface area (Å²) in [6.45, 7) is -0.0636. The molecule has 1 amide bonds. The molecule has 4 N–H and O–H groups in total. The highest BCUT2D eigenvalue weighted by Crippen LogP contribution is 2.21. The molecule has 2 atom stereocenters. The van der Waals surface area contributed by atoms with Crippen LogP contribution in [0.1, 0.15) is 17.7 Å². The van der Waals surface area contributed by atoms with E-state index < -0.39 is 31.0 Å². The van der Waals surface area contributed by atoms with Crippen molar-refractivity contribution in [2.75, 3.05) is 19.8 Å². The van der Waals surface area contributed by atoms with Crippen LogP contribution in [0.15, 0.2) is 23.6 Å². The fourth-order valence-corrected chi connectivity index (χ4v) is 3.11. The van der Waals surface area contributed by atoms with Crippen LogP contribution in [0.4, 0.5) is 0 Å². The highest BCUT2D eigenvalue weighted by Gasteiger charge is 2.35. The first kappa shape index (κ1) is 19.6. The van der Waals surface area contributed by atoms with Gasteiger partial charge in [0, 0.05) is 11.5 Å². The Labute approximate surface area is 149 Å². The molecule has 1 saturated heterocycles. The molecule has 0 bridgehead atoms. The van der Waals surface area contributed by atoms with Crippen molar-refractivity contribution in [1.29, 1.82) is 0 Å². The van der Waals surface area contributed by atoms with Crippen LogP contribution in [0.2, 0.25) is 0 Å². The van der Waals surface area contributed by atoms with E-state index in [4.69, 9.17) is 19.6 Å². The Morgan fingerprint density at radius 3 is 2.88 bits per heavy atom. The number of rotatable bonds is 7. The Morgan fingerprint density at radius 2 is 2.24 bits per heavy atom. The Hall–Kier alpha value is -1.72. The van der Waals surface area contributed by atoms with E-state index in [0.29, 0.717) is 12.0 Å². The van der Waals surface area contributed by atoms with Crippen molar-refractivity contribution < 1.29 is 34.2 Å². The van der Waals surface area contributed by atoms with Gasteiger partial charge in [-0.3, -0.25) is 9.59 Å². The number of aliphatic hydroxyl groups excluding tert-OH is 1. The van der Waals surface area contributed by atoms with Crippen LogP contribution in [0, 0.1) is 0 Å². The summed E-state index contributed by atoms with van der Waals surface area (Å²) in [5, 5.41) is 32.4. The second-order valence-electron chi connectivity index (χ2n) is 5.47. The van der Waals surface area contributed by atoms with E-state index in [1.54, 1.807) is 12.1 Å². The number of thiophene rings is 1. The smallest absolute Gasteiger partial charge is 0.480 e. The van der Waals surface area contributed by atoms with E-state index in [1.165, 1.54) is 11.3 Å². The van der Waals surface area contributed by atoms with Crippen molar-refractivity contribution in [3.05, 3.63) is 28.5 Å². The number of aliphatic carboxylic acids is 1. The average molecular weight is 369 g/mol. The van der Waals surface area contributed by atoms with E-state index in [1.807, 2.05) is 11.4 Å². The van der Waals surface area contributed by atoms with E-state index in [-0.39, 0.29) is 26.2 Å². The molecular weight excluding hydrogens is 349 g/mol. The third-order valence-corrected chi connectivity index (χ3v) is 4.41. The van der Waals surface area contributed by atoms with Gasteiger partial charge >= 0.3 is 13.1 Å². The normalized spacial score (nSPS) is 21.7. The maximum Gasteiger partial charge on any atom is 0.480 e. The molecule has 0 saturated carbocycles. The number of hydrogen-bond donors (Lipinski definition) is 4. The standard InChI is InChI=1S/C15H20BNO7S/c18-5-1-3-11(12-4-2-6-25-12)15(21)17-13-9-23-8-10(7-14(19)20)24-16(13)22/h2-4,6,10,13,18,22H,1,5,7-9H2,(H,17,21)(H,19,20)/t10-,13-/m0/s1. The third-order valence-electron chi connectivity index (χ3n) is 3.50. The fourth-order valence-electron chi connectivity index (χ4n) is 2.35. The first-order chi connectivity index (χ1) is 12.0. The number of carbonyl (C=O) groups excluding carboxylic acids is 1. The van der Waals surface area contributed by atoms with E-state index in [0.717, 1.165) is 4.88 Å². The molecule has 8 nitrogen and oxygen atoms in total. The Kier molecular flexibility index (Phi) is 7.60. The van der Waals surface area contributed by atoms with Gasteiger partial charge < -0.3 is 29.9 Å². The molecule has 1 aliphatic rings. The van der Waals surface area contributed by atoms with Crippen LogP contribution in [-0.4, -0.2) is 66.1 Å². The van der Waals surface area contributed by atoms with Crippen LogP contribution in [-0.2, 0) is 19.0 Å². The number of hydrogen-bond acceptors (Lipinski definition) is 7. The Bertz CT molecular complexity index is 607. The van der Waals surface area contributed by atoms with Gasteiger partial charge in [0.2, 0.25) is 0 Å². The lowest BCUT2D eigenvalue weighted by Crippen LogP contribution is -2.50. The zero-order chi connectivity index (χ0) is 18.2. The highest BCUT2D eigenvalue weighted by atomic mass is 32.1. The van der Waals surface area contributed by atoms with Gasteiger partial charge in [-0.25, -0.2) is 0 Å². The Balaban J connectivity index is 2.03. The summed E-state index contributed by atoms with van der Waals surface area (Å²) in [6.07, 6.45) is 0.867. The molecule has 10 heteroatoms. The molecule has 1 aliphatic heterocycles. The van der Waals surface area contributed by atoms with Crippen molar-refractivity contribution in [3.8, 4) is 0 Å². The lowest BCUT2D eigenvalue weighted by molar-refractivity contribution is -0.139.